The lowest BCUT2D eigenvalue weighted by Crippen LogP contribution is -2.39. The average molecular weight is 289 g/mol. The second-order valence-corrected chi connectivity index (χ2v) is 3.91. The minimum absolute atomic E-state index is 0.0431. The van der Waals surface area contributed by atoms with Crippen LogP contribution in [0, 0.1) is 0 Å². The Labute approximate surface area is 113 Å². The van der Waals surface area contributed by atoms with E-state index in [0.29, 0.717) is 0 Å². The highest BCUT2D eigenvalue weighted by molar-refractivity contribution is 5.85. The number of halogens is 3. The van der Waals surface area contributed by atoms with Crippen LogP contribution >= 0.6 is 0 Å². The van der Waals surface area contributed by atoms with Crippen molar-refractivity contribution in [3.05, 3.63) is 35.4 Å². The van der Waals surface area contributed by atoms with Gasteiger partial charge in [0, 0.05) is 6.54 Å². The second-order valence-electron chi connectivity index (χ2n) is 3.91. The maximum Gasteiger partial charge on any atom is 0.416 e. The number of carbonyl (C=O) groups excluding carboxylic acids is 2. The van der Waals surface area contributed by atoms with Crippen LogP contribution in [0.15, 0.2) is 24.3 Å². The van der Waals surface area contributed by atoms with E-state index in [1.165, 1.54) is 18.2 Å². The van der Waals surface area contributed by atoms with Crippen molar-refractivity contribution < 1.29 is 22.8 Å². The molecule has 1 rings (SSSR count). The fraction of sp³-hybridized carbons (Fsp3) is 0.333. The summed E-state index contributed by atoms with van der Waals surface area (Å²) >= 11 is 0. The Morgan fingerprint density at radius 3 is 2.35 bits per heavy atom. The molecule has 1 aromatic carbocycles. The lowest BCUT2D eigenvalue weighted by molar-refractivity contribution is -0.138. The molecule has 0 saturated heterocycles. The summed E-state index contributed by atoms with van der Waals surface area (Å²) in [5.74, 6) is -1.11. The standard InChI is InChI=1S/C12H14F3N3O2/c13-12(14,15)9-4-2-1-3-8(9)6-17-11(20)7-18-10(19)5-16/h1-4H,5-7,16H2,(H,17,20)(H,18,19). The Morgan fingerprint density at radius 1 is 1.10 bits per heavy atom. The zero-order valence-electron chi connectivity index (χ0n) is 10.5. The van der Waals surface area contributed by atoms with Gasteiger partial charge in [0.1, 0.15) is 0 Å². The first kappa shape index (κ1) is 16.0. The first-order chi connectivity index (χ1) is 9.34. The molecule has 0 spiro atoms. The molecule has 0 unspecified atom stereocenters. The zero-order valence-corrected chi connectivity index (χ0v) is 10.5. The van der Waals surface area contributed by atoms with Crippen molar-refractivity contribution in [3.63, 3.8) is 0 Å². The molecule has 0 radical (unpaired) electrons. The third-order valence-electron chi connectivity index (χ3n) is 2.43. The number of hydrogen-bond donors (Lipinski definition) is 3. The first-order valence-corrected chi connectivity index (χ1v) is 5.73. The number of hydrogen-bond acceptors (Lipinski definition) is 3. The smallest absolute Gasteiger partial charge is 0.350 e. The number of amides is 2. The van der Waals surface area contributed by atoms with Crippen molar-refractivity contribution in [2.24, 2.45) is 5.73 Å². The van der Waals surface area contributed by atoms with Gasteiger partial charge in [-0.2, -0.15) is 13.2 Å². The van der Waals surface area contributed by atoms with Gasteiger partial charge in [-0.1, -0.05) is 18.2 Å². The van der Waals surface area contributed by atoms with Crippen LogP contribution in [0.2, 0.25) is 0 Å². The van der Waals surface area contributed by atoms with E-state index in [1.54, 1.807) is 0 Å². The van der Waals surface area contributed by atoms with Gasteiger partial charge in [-0.3, -0.25) is 9.59 Å². The maximum atomic E-state index is 12.7. The molecule has 0 aliphatic carbocycles. The third-order valence-corrected chi connectivity index (χ3v) is 2.43. The number of nitrogens with one attached hydrogen (secondary N) is 2. The number of benzene rings is 1. The van der Waals surface area contributed by atoms with E-state index in [-0.39, 0.29) is 25.2 Å². The molecule has 0 saturated carbocycles. The van der Waals surface area contributed by atoms with E-state index in [1.807, 2.05) is 0 Å². The molecule has 0 heterocycles. The Hall–Kier alpha value is -2.09. The number of rotatable bonds is 5. The van der Waals surface area contributed by atoms with Crippen LogP contribution in [0.3, 0.4) is 0 Å². The lowest BCUT2D eigenvalue weighted by Gasteiger charge is -2.13. The van der Waals surface area contributed by atoms with Crippen molar-refractivity contribution in [2.75, 3.05) is 13.1 Å². The van der Waals surface area contributed by atoms with Crippen molar-refractivity contribution in [1.82, 2.24) is 10.6 Å². The molecule has 4 N–H and O–H groups in total. The summed E-state index contributed by atoms with van der Waals surface area (Å²) in [6.07, 6.45) is -4.48. The molecular weight excluding hydrogens is 275 g/mol. The van der Waals surface area contributed by atoms with Gasteiger partial charge in [0.05, 0.1) is 18.7 Å². The predicted molar refractivity (Wildman–Crippen MR) is 65.4 cm³/mol. The summed E-state index contributed by atoms with van der Waals surface area (Å²) in [4.78, 5) is 22.2. The Morgan fingerprint density at radius 2 is 1.75 bits per heavy atom. The third kappa shape index (κ3) is 4.88. The van der Waals surface area contributed by atoms with Crippen molar-refractivity contribution in [2.45, 2.75) is 12.7 Å². The van der Waals surface area contributed by atoms with Gasteiger partial charge in [-0.25, -0.2) is 0 Å². The summed E-state index contributed by atoms with van der Waals surface area (Å²) < 4.78 is 38.1. The Kier molecular flexibility index (Phi) is 5.51. The van der Waals surface area contributed by atoms with Gasteiger partial charge in [0.15, 0.2) is 0 Å². The van der Waals surface area contributed by atoms with E-state index >= 15 is 0 Å². The van der Waals surface area contributed by atoms with Crippen LogP contribution in [0.5, 0.6) is 0 Å². The van der Waals surface area contributed by atoms with Crippen molar-refractivity contribution in [1.29, 1.82) is 0 Å². The number of carbonyl (C=O) groups is 2. The van der Waals surface area contributed by atoms with Crippen LogP contribution in [-0.4, -0.2) is 24.9 Å². The molecule has 0 aromatic heterocycles. The normalized spacial score (nSPS) is 11.0. The largest absolute Gasteiger partial charge is 0.416 e. The molecule has 0 aliphatic rings. The Balaban J connectivity index is 2.58. The predicted octanol–water partition coefficient (Wildman–Crippen LogP) is 0.397. The van der Waals surface area contributed by atoms with Crippen LogP contribution in [0.1, 0.15) is 11.1 Å². The minimum atomic E-state index is -4.48. The van der Waals surface area contributed by atoms with Crippen molar-refractivity contribution in [3.8, 4) is 0 Å². The molecule has 110 valence electrons. The van der Waals surface area contributed by atoms with Crippen LogP contribution in [0.25, 0.3) is 0 Å². The molecule has 0 aliphatic heterocycles. The van der Waals surface area contributed by atoms with Crippen molar-refractivity contribution >= 4 is 11.8 Å². The number of alkyl halides is 3. The van der Waals surface area contributed by atoms with Gasteiger partial charge < -0.3 is 16.4 Å². The topological polar surface area (TPSA) is 84.2 Å². The van der Waals surface area contributed by atoms with E-state index in [2.05, 4.69) is 10.6 Å². The molecule has 0 fully saturated rings. The highest BCUT2D eigenvalue weighted by Gasteiger charge is 2.32. The van der Waals surface area contributed by atoms with E-state index in [9.17, 15) is 22.8 Å². The van der Waals surface area contributed by atoms with Crippen LogP contribution < -0.4 is 16.4 Å². The molecular formula is C12H14F3N3O2. The summed E-state index contributed by atoms with van der Waals surface area (Å²) in [6, 6.07) is 4.95. The monoisotopic (exact) mass is 289 g/mol. The molecule has 1 aromatic rings. The van der Waals surface area contributed by atoms with E-state index in [4.69, 9.17) is 5.73 Å². The highest BCUT2D eigenvalue weighted by atomic mass is 19.4. The molecule has 0 bridgehead atoms. The molecule has 5 nitrogen and oxygen atoms in total. The highest BCUT2D eigenvalue weighted by Crippen LogP contribution is 2.31. The van der Waals surface area contributed by atoms with Crippen LogP contribution in [-0.2, 0) is 22.3 Å². The van der Waals surface area contributed by atoms with Gasteiger partial charge in [-0.05, 0) is 11.6 Å². The maximum absolute atomic E-state index is 12.7. The molecule has 0 atom stereocenters. The van der Waals surface area contributed by atoms with Gasteiger partial charge >= 0.3 is 6.18 Å². The number of nitrogens with two attached hydrogens (primary N) is 1. The zero-order chi connectivity index (χ0) is 15.2. The van der Waals surface area contributed by atoms with Gasteiger partial charge in [0.2, 0.25) is 11.8 Å². The fourth-order valence-electron chi connectivity index (χ4n) is 1.46. The SMILES string of the molecule is NCC(=O)NCC(=O)NCc1ccccc1C(F)(F)F. The summed E-state index contributed by atoms with van der Waals surface area (Å²) in [7, 11) is 0. The van der Waals surface area contributed by atoms with Gasteiger partial charge in [-0.15, -0.1) is 0 Å². The fourth-order valence-corrected chi connectivity index (χ4v) is 1.46. The minimum Gasteiger partial charge on any atom is -0.350 e. The van der Waals surface area contributed by atoms with Gasteiger partial charge in [0.25, 0.3) is 0 Å². The van der Waals surface area contributed by atoms with E-state index < -0.39 is 23.6 Å². The molecule has 8 heteroatoms. The van der Waals surface area contributed by atoms with Crippen LogP contribution in [0.4, 0.5) is 13.2 Å². The molecule has 2 amide bonds. The van der Waals surface area contributed by atoms with E-state index in [0.717, 1.165) is 6.07 Å². The Bertz CT molecular complexity index is 489. The average Bonchev–Trinajstić information content (AvgIpc) is 2.41. The summed E-state index contributed by atoms with van der Waals surface area (Å²) in [6.45, 7) is -0.860. The quantitative estimate of drug-likeness (QED) is 0.733. The second kappa shape index (κ2) is 6.90. The first-order valence-electron chi connectivity index (χ1n) is 5.73. The summed E-state index contributed by atoms with van der Waals surface area (Å²) in [5, 5.41) is 4.51. The summed E-state index contributed by atoms with van der Waals surface area (Å²) in [5.41, 5.74) is 4.18. The molecule has 20 heavy (non-hydrogen) atoms. The lowest BCUT2D eigenvalue weighted by atomic mass is 10.1.